The molecule has 38 heavy (non-hydrogen) atoms. The lowest BCUT2D eigenvalue weighted by atomic mass is 9.87. The molecule has 10 heteroatoms. The second-order valence-corrected chi connectivity index (χ2v) is 9.77. The van der Waals surface area contributed by atoms with Crippen LogP contribution in [-0.4, -0.2) is 12.6 Å². The third kappa shape index (κ3) is 6.28. The average molecular weight is 547 g/mol. The van der Waals surface area contributed by atoms with E-state index in [1.807, 2.05) is 20.8 Å². The number of hydrogen-bond donors (Lipinski definition) is 0. The molecule has 0 spiro atoms. The van der Waals surface area contributed by atoms with Crippen molar-refractivity contribution >= 4 is 28.5 Å². The van der Waals surface area contributed by atoms with Crippen LogP contribution < -0.4 is 19.6 Å². The molecular formula is C28H22ClF3O6. The van der Waals surface area contributed by atoms with Crippen molar-refractivity contribution < 1.29 is 36.6 Å². The minimum absolute atomic E-state index is 0.0430. The van der Waals surface area contributed by atoms with Crippen molar-refractivity contribution in [2.75, 3.05) is 6.61 Å². The van der Waals surface area contributed by atoms with E-state index in [4.69, 9.17) is 30.2 Å². The number of hydrogen-bond acceptors (Lipinski definition) is 6. The lowest BCUT2D eigenvalue weighted by Crippen LogP contribution is -2.18. The molecule has 0 unspecified atom stereocenters. The molecule has 1 heterocycles. The number of esters is 1. The van der Waals surface area contributed by atoms with Gasteiger partial charge in [-0.25, -0.2) is 4.79 Å². The number of alkyl halides is 3. The summed E-state index contributed by atoms with van der Waals surface area (Å²) in [5, 5.41) is 0.305. The van der Waals surface area contributed by atoms with Crippen molar-refractivity contribution in [2.45, 2.75) is 32.4 Å². The van der Waals surface area contributed by atoms with Gasteiger partial charge in [0.25, 0.3) is 5.76 Å². The molecule has 4 aromatic rings. The van der Waals surface area contributed by atoms with E-state index in [0.717, 1.165) is 11.6 Å². The number of rotatable bonds is 6. The van der Waals surface area contributed by atoms with Crippen LogP contribution in [0.3, 0.4) is 0 Å². The molecule has 0 aliphatic heterocycles. The minimum Gasteiger partial charge on any atom is -0.482 e. The Hall–Kier alpha value is -3.98. The van der Waals surface area contributed by atoms with Crippen LogP contribution in [0.4, 0.5) is 13.2 Å². The predicted molar refractivity (Wildman–Crippen MR) is 135 cm³/mol. The standard InChI is InChI=1S/C28H22ClF3O6/c1-27(2,3)16-4-8-19(9-5-16)37-25-24(34)21-13-12-20(14-22(21)38-26(25)28(30,31)32)36-23(33)15-35-18-10-6-17(29)7-11-18/h4-14H,15H2,1-3H3. The summed E-state index contributed by atoms with van der Waals surface area (Å²) in [5.41, 5.74) is -0.697. The summed E-state index contributed by atoms with van der Waals surface area (Å²) in [4.78, 5) is 25.2. The highest BCUT2D eigenvalue weighted by atomic mass is 35.5. The molecule has 6 nitrogen and oxygen atoms in total. The summed E-state index contributed by atoms with van der Waals surface area (Å²) in [5.74, 6) is -3.15. The van der Waals surface area contributed by atoms with Crippen LogP contribution in [0.2, 0.25) is 5.02 Å². The summed E-state index contributed by atoms with van der Waals surface area (Å²) < 4.78 is 62.4. The van der Waals surface area contributed by atoms with Crippen LogP contribution in [0.5, 0.6) is 23.0 Å². The van der Waals surface area contributed by atoms with Gasteiger partial charge in [0.05, 0.1) is 5.39 Å². The first-order chi connectivity index (χ1) is 17.8. The first kappa shape index (κ1) is 27.1. The normalized spacial score (nSPS) is 11.9. The lowest BCUT2D eigenvalue weighted by molar-refractivity contribution is -0.154. The van der Waals surface area contributed by atoms with Crippen molar-refractivity contribution in [3.63, 3.8) is 0 Å². The molecule has 0 aliphatic carbocycles. The molecule has 0 aliphatic rings. The van der Waals surface area contributed by atoms with Gasteiger partial charge >= 0.3 is 12.1 Å². The van der Waals surface area contributed by atoms with E-state index in [9.17, 15) is 22.8 Å². The topological polar surface area (TPSA) is 75.0 Å². The Kier molecular flexibility index (Phi) is 7.42. The maximum atomic E-state index is 13.9. The highest BCUT2D eigenvalue weighted by Gasteiger charge is 2.40. The van der Waals surface area contributed by atoms with Crippen molar-refractivity contribution in [1.29, 1.82) is 0 Å². The fourth-order valence-electron chi connectivity index (χ4n) is 3.47. The van der Waals surface area contributed by atoms with Crippen LogP contribution in [0.1, 0.15) is 32.1 Å². The number of ether oxygens (including phenoxy) is 3. The van der Waals surface area contributed by atoms with E-state index < -0.39 is 41.3 Å². The molecule has 0 amide bonds. The molecule has 0 N–H and O–H groups in total. The molecule has 0 radical (unpaired) electrons. The van der Waals surface area contributed by atoms with Gasteiger partial charge in [-0.3, -0.25) is 4.79 Å². The van der Waals surface area contributed by atoms with Gasteiger partial charge in [-0.1, -0.05) is 44.5 Å². The predicted octanol–water partition coefficient (Wildman–Crippen LogP) is 7.54. The van der Waals surface area contributed by atoms with Gasteiger partial charge in [-0.15, -0.1) is 0 Å². The number of halogens is 4. The third-order valence-corrected chi connectivity index (χ3v) is 5.67. The molecule has 0 saturated heterocycles. The van der Waals surface area contributed by atoms with Gasteiger partial charge < -0.3 is 18.6 Å². The fraction of sp³-hybridized carbons (Fsp3) is 0.214. The van der Waals surface area contributed by atoms with E-state index in [1.165, 1.54) is 24.3 Å². The van der Waals surface area contributed by atoms with E-state index in [2.05, 4.69) is 0 Å². The Bertz CT molecular complexity index is 1520. The summed E-state index contributed by atoms with van der Waals surface area (Å²) in [6.45, 7) is 5.49. The van der Waals surface area contributed by atoms with E-state index in [1.54, 1.807) is 36.4 Å². The third-order valence-electron chi connectivity index (χ3n) is 5.42. The van der Waals surface area contributed by atoms with Gasteiger partial charge in [0.15, 0.2) is 6.61 Å². The van der Waals surface area contributed by atoms with Gasteiger partial charge in [0.1, 0.15) is 22.8 Å². The maximum absolute atomic E-state index is 13.9. The molecule has 1 aromatic heterocycles. The van der Waals surface area contributed by atoms with Gasteiger partial charge in [0.2, 0.25) is 11.2 Å². The zero-order valence-corrected chi connectivity index (χ0v) is 21.3. The Morgan fingerprint density at radius 1 is 0.895 bits per heavy atom. The van der Waals surface area contributed by atoms with Crippen LogP contribution in [0.25, 0.3) is 11.0 Å². The van der Waals surface area contributed by atoms with Crippen molar-refractivity contribution in [1.82, 2.24) is 0 Å². The molecule has 0 bridgehead atoms. The molecule has 0 atom stereocenters. The quantitative estimate of drug-likeness (QED) is 0.184. The second kappa shape index (κ2) is 10.4. The molecule has 4 rings (SSSR count). The number of carbonyl (C=O) groups excluding carboxylic acids is 1. The highest BCUT2D eigenvalue weighted by molar-refractivity contribution is 6.30. The van der Waals surface area contributed by atoms with E-state index in [-0.39, 0.29) is 22.3 Å². The SMILES string of the molecule is CC(C)(C)c1ccc(Oc2c(C(F)(F)F)oc3cc(OC(=O)COc4ccc(Cl)cc4)ccc3c2=O)cc1. The summed E-state index contributed by atoms with van der Waals surface area (Å²) in [7, 11) is 0. The van der Waals surface area contributed by atoms with Gasteiger partial charge in [0, 0.05) is 11.1 Å². The highest BCUT2D eigenvalue weighted by Crippen LogP contribution is 2.39. The maximum Gasteiger partial charge on any atom is 0.453 e. The summed E-state index contributed by atoms with van der Waals surface area (Å²) in [6.07, 6.45) is -5.03. The second-order valence-electron chi connectivity index (χ2n) is 9.34. The van der Waals surface area contributed by atoms with E-state index >= 15 is 0 Å². The van der Waals surface area contributed by atoms with Crippen LogP contribution in [0, 0.1) is 0 Å². The number of benzene rings is 3. The minimum atomic E-state index is -5.03. The summed E-state index contributed by atoms with van der Waals surface area (Å²) in [6, 6.07) is 16.1. The smallest absolute Gasteiger partial charge is 0.453 e. The molecule has 198 valence electrons. The lowest BCUT2D eigenvalue weighted by Gasteiger charge is -2.19. The number of carbonyl (C=O) groups is 1. The number of fused-ring (bicyclic) bond motifs is 1. The van der Waals surface area contributed by atoms with Crippen LogP contribution in [-0.2, 0) is 16.4 Å². The molecule has 3 aromatic carbocycles. The van der Waals surface area contributed by atoms with Crippen molar-refractivity contribution in [3.8, 4) is 23.0 Å². The Morgan fingerprint density at radius 3 is 2.11 bits per heavy atom. The zero-order valence-electron chi connectivity index (χ0n) is 20.5. The fourth-order valence-corrected chi connectivity index (χ4v) is 3.60. The largest absolute Gasteiger partial charge is 0.482 e. The zero-order chi connectivity index (χ0) is 27.7. The molecule has 0 saturated carbocycles. The Labute approximate surface area is 220 Å². The molecular weight excluding hydrogens is 525 g/mol. The Balaban J connectivity index is 1.60. The Morgan fingerprint density at radius 2 is 1.50 bits per heavy atom. The van der Waals surface area contributed by atoms with Crippen molar-refractivity contribution in [2.24, 2.45) is 0 Å². The van der Waals surface area contributed by atoms with Crippen molar-refractivity contribution in [3.05, 3.63) is 93.3 Å². The van der Waals surface area contributed by atoms with Gasteiger partial charge in [-0.2, -0.15) is 13.2 Å². The average Bonchev–Trinajstić information content (AvgIpc) is 2.84. The van der Waals surface area contributed by atoms with Crippen LogP contribution in [0.15, 0.2) is 75.9 Å². The summed E-state index contributed by atoms with van der Waals surface area (Å²) >= 11 is 5.79. The van der Waals surface area contributed by atoms with Gasteiger partial charge in [-0.05, 0) is 59.5 Å². The van der Waals surface area contributed by atoms with E-state index in [0.29, 0.717) is 10.8 Å². The molecule has 0 fully saturated rings. The first-order valence-corrected chi connectivity index (χ1v) is 11.7. The first-order valence-electron chi connectivity index (χ1n) is 11.4. The monoisotopic (exact) mass is 546 g/mol. The van der Waals surface area contributed by atoms with Crippen LogP contribution >= 0.6 is 11.6 Å².